The molecule has 0 aliphatic carbocycles. The van der Waals surface area contributed by atoms with Crippen LogP contribution in [0.4, 0.5) is 5.69 Å². The van der Waals surface area contributed by atoms with Gasteiger partial charge in [-0.25, -0.2) is 0 Å². The standard InChI is InChI=1S/C24H26N4O4S/c1-15-9-11-19(12-10-15)32-14-6-13-27-21-16(2)7-5-8-20(21)24(22(27)31)28(18(4)30)26-23(33-24)25-17(3)29/h5,7-12H,6,13-14H2,1-4H3,(H,25,26,29)/t24-/m1/s1. The van der Waals surface area contributed by atoms with Gasteiger partial charge in [-0.3, -0.25) is 14.4 Å². The normalized spacial score (nSPS) is 19.0. The molecule has 0 aromatic heterocycles. The number of ether oxygens (including phenoxy) is 1. The van der Waals surface area contributed by atoms with Crippen molar-refractivity contribution < 1.29 is 19.1 Å². The fraction of sp³-hybridized carbons (Fsp3) is 0.333. The Morgan fingerprint density at radius 1 is 1.12 bits per heavy atom. The number of nitrogens with zero attached hydrogens (tertiary/aromatic N) is 3. The van der Waals surface area contributed by atoms with E-state index in [-0.39, 0.29) is 22.9 Å². The lowest BCUT2D eigenvalue weighted by Crippen LogP contribution is -2.48. The summed E-state index contributed by atoms with van der Waals surface area (Å²) in [6.45, 7) is 7.55. The van der Waals surface area contributed by atoms with E-state index in [1.165, 1.54) is 18.9 Å². The number of fused-ring (bicyclic) bond motifs is 2. The van der Waals surface area contributed by atoms with Crippen LogP contribution in [-0.2, 0) is 19.3 Å². The smallest absolute Gasteiger partial charge is 0.270 e. The van der Waals surface area contributed by atoms with Gasteiger partial charge in [0, 0.05) is 26.0 Å². The maximum absolute atomic E-state index is 13.9. The molecule has 0 unspecified atom stereocenters. The number of para-hydroxylation sites is 1. The number of rotatable bonds is 5. The summed E-state index contributed by atoms with van der Waals surface area (Å²) >= 11 is 1.09. The average Bonchev–Trinajstić information content (AvgIpc) is 3.25. The minimum atomic E-state index is -1.37. The molecule has 3 amide bonds. The third kappa shape index (κ3) is 4.08. The molecule has 8 nitrogen and oxygen atoms in total. The summed E-state index contributed by atoms with van der Waals surface area (Å²) in [6, 6.07) is 13.5. The van der Waals surface area contributed by atoms with Gasteiger partial charge in [-0.1, -0.05) is 35.9 Å². The van der Waals surface area contributed by atoms with E-state index in [2.05, 4.69) is 10.4 Å². The molecule has 0 radical (unpaired) electrons. The molecule has 1 spiro atoms. The van der Waals surface area contributed by atoms with Crippen LogP contribution >= 0.6 is 11.8 Å². The highest BCUT2D eigenvalue weighted by Crippen LogP contribution is 2.55. The van der Waals surface area contributed by atoms with Gasteiger partial charge in [0.05, 0.1) is 12.3 Å². The SMILES string of the molecule is CC(=O)NC1=NN(C(C)=O)[C@]2(S1)C(=O)N(CCCOc1ccc(C)cc1)c1c(C)cccc12. The molecule has 0 saturated heterocycles. The van der Waals surface area contributed by atoms with E-state index in [9.17, 15) is 14.4 Å². The topological polar surface area (TPSA) is 91.3 Å². The van der Waals surface area contributed by atoms with Gasteiger partial charge in [0.1, 0.15) is 5.75 Å². The molecule has 2 aliphatic heterocycles. The van der Waals surface area contributed by atoms with Crippen LogP contribution in [0.15, 0.2) is 47.6 Å². The van der Waals surface area contributed by atoms with E-state index in [0.29, 0.717) is 25.1 Å². The molecule has 4 rings (SSSR count). The Morgan fingerprint density at radius 3 is 2.52 bits per heavy atom. The first-order chi connectivity index (χ1) is 15.7. The molecule has 9 heteroatoms. The van der Waals surface area contributed by atoms with Gasteiger partial charge in [0.15, 0.2) is 5.17 Å². The summed E-state index contributed by atoms with van der Waals surface area (Å²) in [5, 5.41) is 8.31. The zero-order valence-electron chi connectivity index (χ0n) is 19.0. The van der Waals surface area contributed by atoms with Crippen molar-refractivity contribution in [3.63, 3.8) is 0 Å². The summed E-state index contributed by atoms with van der Waals surface area (Å²) in [6.07, 6.45) is 0.605. The highest BCUT2D eigenvalue weighted by molar-refractivity contribution is 8.15. The Hall–Kier alpha value is -3.33. The van der Waals surface area contributed by atoms with Crippen LogP contribution in [0.5, 0.6) is 5.75 Å². The van der Waals surface area contributed by atoms with Gasteiger partial charge in [0.2, 0.25) is 16.7 Å². The van der Waals surface area contributed by atoms with Crippen molar-refractivity contribution in [2.75, 3.05) is 18.1 Å². The Balaban J connectivity index is 1.59. The molecule has 0 bridgehead atoms. The summed E-state index contributed by atoms with van der Waals surface area (Å²) in [5.41, 5.74) is 3.55. The average molecular weight is 467 g/mol. The third-order valence-corrected chi connectivity index (χ3v) is 6.78. The molecule has 33 heavy (non-hydrogen) atoms. The van der Waals surface area contributed by atoms with Gasteiger partial charge >= 0.3 is 0 Å². The molecule has 2 aromatic rings. The number of carbonyl (C=O) groups excluding carboxylic acids is 3. The van der Waals surface area contributed by atoms with Gasteiger partial charge in [-0.05, 0) is 49.7 Å². The summed E-state index contributed by atoms with van der Waals surface area (Å²) < 4.78 is 5.83. The fourth-order valence-corrected chi connectivity index (χ4v) is 5.44. The summed E-state index contributed by atoms with van der Waals surface area (Å²) in [5.74, 6) is -0.176. The quantitative estimate of drug-likeness (QED) is 0.683. The Bertz CT molecular complexity index is 1150. The third-order valence-electron chi connectivity index (χ3n) is 5.54. The highest BCUT2D eigenvalue weighted by Gasteiger charge is 2.61. The van der Waals surface area contributed by atoms with E-state index in [4.69, 9.17) is 4.74 Å². The predicted octanol–water partition coefficient (Wildman–Crippen LogP) is 3.27. The molecule has 0 saturated carbocycles. The van der Waals surface area contributed by atoms with Gasteiger partial charge in [-0.2, -0.15) is 5.01 Å². The minimum absolute atomic E-state index is 0.225. The number of anilines is 1. The number of hydrazone groups is 1. The van der Waals surface area contributed by atoms with Crippen molar-refractivity contribution in [2.45, 2.75) is 39.0 Å². The van der Waals surface area contributed by atoms with E-state index < -0.39 is 4.87 Å². The molecule has 0 fully saturated rings. The van der Waals surface area contributed by atoms with E-state index in [1.807, 2.05) is 56.3 Å². The highest BCUT2D eigenvalue weighted by atomic mass is 32.2. The lowest BCUT2D eigenvalue weighted by Gasteiger charge is -2.29. The van der Waals surface area contributed by atoms with Gasteiger partial charge in [-0.15, -0.1) is 5.10 Å². The van der Waals surface area contributed by atoms with Crippen LogP contribution < -0.4 is 15.0 Å². The van der Waals surface area contributed by atoms with Crippen molar-refractivity contribution in [2.24, 2.45) is 5.10 Å². The second-order valence-corrected chi connectivity index (χ2v) is 9.29. The zero-order chi connectivity index (χ0) is 23.8. The molecule has 1 atom stereocenters. The second kappa shape index (κ2) is 8.90. The van der Waals surface area contributed by atoms with Crippen LogP contribution in [0.3, 0.4) is 0 Å². The maximum Gasteiger partial charge on any atom is 0.270 e. The minimum Gasteiger partial charge on any atom is -0.494 e. The second-order valence-electron chi connectivity index (χ2n) is 8.11. The number of hydrogen-bond acceptors (Lipinski definition) is 6. The maximum atomic E-state index is 13.9. The number of thioether (sulfide) groups is 1. The van der Waals surface area contributed by atoms with E-state index in [1.54, 1.807) is 4.90 Å². The number of hydrogen-bond donors (Lipinski definition) is 1. The summed E-state index contributed by atoms with van der Waals surface area (Å²) in [4.78, 5) is 38.4. The van der Waals surface area contributed by atoms with Crippen molar-refractivity contribution in [1.29, 1.82) is 0 Å². The number of nitrogens with one attached hydrogen (secondary N) is 1. The molecule has 2 heterocycles. The lowest BCUT2D eigenvalue weighted by atomic mass is 10.0. The van der Waals surface area contributed by atoms with Crippen LogP contribution in [-0.4, -0.2) is 41.0 Å². The summed E-state index contributed by atoms with van der Waals surface area (Å²) in [7, 11) is 0. The molecule has 1 N–H and O–H groups in total. The van der Waals surface area contributed by atoms with Gasteiger partial charge < -0.3 is 15.0 Å². The van der Waals surface area contributed by atoms with Crippen molar-refractivity contribution >= 4 is 40.3 Å². The number of amides is 3. The number of amidine groups is 1. The Labute approximate surface area is 197 Å². The number of benzene rings is 2. The molecular formula is C24H26N4O4S. The Morgan fingerprint density at radius 2 is 1.85 bits per heavy atom. The number of carbonyl (C=O) groups is 3. The number of aryl methyl sites for hydroxylation is 2. The zero-order valence-corrected chi connectivity index (χ0v) is 19.9. The first kappa shape index (κ1) is 22.8. The van der Waals surface area contributed by atoms with Gasteiger partial charge in [0.25, 0.3) is 5.91 Å². The molecule has 172 valence electrons. The fourth-order valence-electron chi connectivity index (χ4n) is 4.11. The monoisotopic (exact) mass is 466 g/mol. The first-order valence-electron chi connectivity index (χ1n) is 10.7. The van der Waals surface area contributed by atoms with Crippen molar-refractivity contribution in [3.8, 4) is 5.75 Å². The lowest BCUT2D eigenvalue weighted by molar-refractivity contribution is -0.139. The van der Waals surface area contributed by atoms with Crippen molar-refractivity contribution in [3.05, 3.63) is 59.2 Å². The van der Waals surface area contributed by atoms with Crippen LogP contribution in [0, 0.1) is 13.8 Å². The molecule has 2 aliphatic rings. The first-order valence-corrected chi connectivity index (χ1v) is 11.5. The predicted molar refractivity (Wildman–Crippen MR) is 128 cm³/mol. The van der Waals surface area contributed by atoms with E-state index in [0.717, 1.165) is 34.3 Å². The molecule has 2 aromatic carbocycles. The van der Waals surface area contributed by atoms with Crippen LogP contribution in [0.25, 0.3) is 0 Å². The molecular weight excluding hydrogens is 440 g/mol. The van der Waals surface area contributed by atoms with Crippen LogP contribution in [0.1, 0.15) is 37.0 Å². The largest absolute Gasteiger partial charge is 0.494 e. The van der Waals surface area contributed by atoms with Crippen molar-refractivity contribution in [1.82, 2.24) is 10.3 Å². The van der Waals surface area contributed by atoms with E-state index >= 15 is 0 Å². The van der Waals surface area contributed by atoms with Crippen LogP contribution in [0.2, 0.25) is 0 Å². The Kier molecular flexibility index (Phi) is 6.16.